The Morgan fingerprint density at radius 1 is 1.33 bits per heavy atom. The van der Waals surface area contributed by atoms with Crippen molar-refractivity contribution >= 4 is 22.8 Å². The topological polar surface area (TPSA) is 99.3 Å². The number of benzene rings is 1. The van der Waals surface area contributed by atoms with Crippen LogP contribution in [-0.2, 0) is 4.79 Å². The lowest BCUT2D eigenvalue weighted by molar-refractivity contribution is -0.139. The number of carboxylic acid groups (broad SMARTS) is 1. The fourth-order valence-corrected chi connectivity index (χ4v) is 2.10. The van der Waals surface area contributed by atoms with Crippen LogP contribution in [0.3, 0.4) is 0 Å². The summed E-state index contributed by atoms with van der Waals surface area (Å²) in [4.78, 5) is 37.9. The molecule has 0 saturated carbocycles. The maximum absolute atomic E-state index is 12.1. The van der Waals surface area contributed by atoms with E-state index in [2.05, 4.69) is 10.3 Å². The van der Waals surface area contributed by atoms with Crippen LogP contribution in [0.1, 0.15) is 30.3 Å². The van der Waals surface area contributed by atoms with E-state index >= 15 is 0 Å². The van der Waals surface area contributed by atoms with E-state index in [0.29, 0.717) is 23.7 Å². The molecule has 0 aliphatic carbocycles. The number of aromatic nitrogens is 1. The molecule has 1 heterocycles. The van der Waals surface area contributed by atoms with Gasteiger partial charge in [-0.1, -0.05) is 25.5 Å². The number of hydrogen-bond acceptors (Lipinski definition) is 3. The Hall–Kier alpha value is -2.63. The highest BCUT2D eigenvalue weighted by molar-refractivity contribution is 5.96. The average Bonchev–Trinajstić information content (AvgIpc) is 2.46. The Kier molecular flexibility index (Phi) is 4.37. The first-order valence-corrected chi connectivity index (χ1v) is 6.68. The Morgan fingerprint density at radius 3 is 2.71 bits per heavy atom. The number of carboxylic acids is 1. The molecule has 3 N–H and O–H groups in total. The van der Waals surface area contributed by atoms with Crippen LogP contribution < -0.4 is 10.7 Å². The van der Waals surface area contributed by atoms with Gasteiger partial charge in [0.25, 0.3) is 5.91 Å². The molecule has 1 aromatic heterocycles. The van der Waals surface area contributed by atoms with Gasteiger partial charge in [-0.3, -0.25) is 9.59 Å². The van der Waals surface area contributed by atoms with Gasteiger partial charge in [0.05, 0.1) is 0 Å². The van der Waals surface area contributed by atoms with Crippen molar-refractivity contribution in [2.75, 3.05) is 0 Å². The maximum atomic E-state index is 12.1. The fourth-order valence-electron chi connectivity index (χ4n) is 2.10. The number of aromatic amines is 1. The molecule has 1 aromatic carbocycles. The van der Waals surface area contributed by atoms with E-state index in [1.165, 1.54) is 6.07 Å². The fraction of sp³-hybridized carbons (Fsp3) is 0.267. The molecule has 0 spiro atoms. The zero-order chi connectivity index (χ0) is 15.4. The number of aliphatic carboxylic acids is 1. The first-order valence-electron chi connectivity index (χ1n) is 6.68. The van der Waals surface area contributed by atoms with Crippen LogP contribution in [0.15, 0.2) is 35.1 Å². The minimum Gasteiger partial charge on any atom is -0.480 e. The molecule has 1 atom stereocenters. The highest BCUT2D eigenvalue weighted by Gasteiger charge is 2.20. The normalized spacial score (nSPS) is 12.0. The predicted octanol–water partition coefficient (Wildman–Crippen LogP) is 1.51. The summed E-state index contributed by atoms with van der Waals surface area (Å²) in [7, 11) is 0. The third-order valence-corrected chi connectivity index (χ3v) is 3.16. The summed E-state index contributed by atoms with van der Waals surface area (Å²) in [5.41, 5.74) is 0.315. The molecular formula is C15H16N2O4. The van der Waals surface area contributed by atoms with Crippen LogP contribution in [-0.4, -0.2) is 28.0 Å². The van der Waals surface area contributed by atoms with Gasteiger partial charge in [-0.25, -0.2) is 4.79 Å². The van der Waals surface area contributed by atoms with Crippen molar-refractivity contribution in [3.8, 4) is 0 Å². The molecule has 2 rings (SSSR count). The van der Waals surface area contributed by atoms with Gasteiger partial charge in [-0.2, -0.15) is 0 Å². The van der Waals surface area contributed by atoms with Gasteiger partial charge in [-0.05, 0) is 18.6 Å². The predicted molar refractivity (Wildman–Crippen MR) is 78.4 cm³/mol. The Labute approximate surface area is 120 Å². The van der Waals surface area contributed by atoms with E-state index in [-0.39, 0.29) is 11.1 Å². The molecule has 0 radical (unpaired) electrons. The van der Waals surface area contributed by atoms with Crippen LogP contribution in [0.25, 0.3) is 10.9 Å². The van der Waals surface area contributed by atoms with Gasteiger partial charge in [0.2, 0.25) is 0 Å². The van der Waals surface area contributed by atoms with Gasteiger partial charge in [0.15, 0.2) is 5.43 Å². The average molecular weight is 288 g/mol. The van der Waals surface area contributed by atoms with Crippen molar-refractivity contribution in [1.82, 2.24) is 10.3 Å². The number of fused-ring (bicyclic) bond motifs is 1. The molecule has 0 aliphatic rings. The monoisotopic (exact) mass is 288 g/mol. The third-order valence-electron chi connectivity index (χ3n) is 3.16. The maximum Gasteiger partial charge on any atom is 0.326 e. The largest absolute Gasteiger partial charge is 0.480 e. The van der Waals surface area contributed by atoms with Crippen molar-refractivity contribution < 1.29 is 14.7 Å². The third kappa shape index (κ3) is 3.28. The second-order valence-corrected chi connectivity index (χ2v) is 4.75. The molecule has 0 saturated heterocycles. The highest BCUT2D eigenvalue weighted by atomic mass is 16.4. The summed E-state index contributed by atoms with van der Waals surface area (Å²) in [6, 6.07) is 7.05. The Balaban J connectivity index is 2.31. The summed E-state index contributed by atoms with van der Waals surface area (Å²) in [6.07, 6.45) is 0.963. The van der Waals surface area contributed by atoms with Crippen molar-refractivity contribution in [2.45, 2.75) is 25.8 Å². The molecule has 2 aromatic rings. The number of nitrogens with one attached hydrogen (secondary N) is 2. The smallest absolute Gasteiger partial charge is 0.326 e. The van der Waals surface area contributed by atoms with E-state index in [9.17, 15) is 14.4 Å². The molecule has 1 amide bonds. The molecule has 0 unspecified atom stereocenters. The summed E-state index contributed by atoms with van der Waals surface area (Å²) in [6.45, 7) is 1.83. The number of amides is 1. The lowest BCUT2D eigenvalue weighted by atomic mass is 10.1. The standard InChI is InChI=1S/C15H16N2O4/c1-2-5-11(15(20)21)17-14(19)12-8-13(18)9-6-3-4-7-10(9)16-12/h3-4,6-8,11H,2,5H2,1H3,(H,16,18)(H,17,19)(H,20,21)/t11-/m0/s1. The zero-order valence-electron chi connectivity index (χ0n) is 11.6. The summed E-state index contributed by atoms with van der Waals surface area (Å²) >= 11 is 0. The Bertz CT molecular complexity index is 736. The number of hydrogen-bond donors (Lipinski definition) is 3. The number of rotatable bonds is 5. The number of H-pyrrole nitrogens is 1. The van der Waals surface area contributed by atoms with Gasteiger partial charge in [0.1, 0.15) is 11.7 Å². The first kappa shape index (κ1) is 14.8. The second kappa shape index (κ2) is 6.21. The van der Waals surface area contributed by atoms with E-state index in [1.54, 1.807) is 24.3 Å². The van der Waals surface area contributed by atoms with Gasteiger partial charge in [0, 0.05) is 17.0 Å². The second-order valence-electron chi connectivity index (χ2n) is 4.75. The Morgan fingerprint density at radius 2 is 2.05 bits per heavy atom. The van der Waals surface area contributed by atoms with E-state index in [1.807, 2.05) is 6.92 Å². The van der Waals surface area contributed by atoms with Crippen LogP contribution in [0.4, 0.5) is 0 Å². The van der Waals surface area contributed by atoms with Gasteiger partial charge in [-0.15, -0.1) is 0 Å². The molecule has 0 fully saturated rings. The SMILES string of the molecule is CCC[C@H](NC(=O)c1cc(=O)c2ccccc2[nH]1)C(=O)O. The van der Waals surface area contributed by atoms with E-state index < -0.39 is 17.9 Å². The molecular weight excluding hydrogens is 272 g/mol. The van der Waals surface area contributed by atoms with Crippen molar-refractivity contribution in [2.24, 2.45) is 0 Å². The molecule has 0 aliphatic heterocycles. The molecule has 6 nitrogen and oxygen atoms in total. The van der Waals surface area contributed by atoms with E-state index in [0.717, 1.165) is 0 Å². The quantitative estimate of drug-likeness (QED) is 0.776. The number of pyridine rings is 1. The lowest BCUT2D eigenvalue weighted by Crippen LogP contribution is -2.41. The molecule has 21 heavy (non-hydrogen) atoms. The van der Waals surface area contributed by atoms with Gasteiger partial charge >= 0.3 is 5.97 Å². The zero-order valence-corrected chi connectivity index (χ0v) is 11.6. The highest BCUT2D eigenvalue weighted by Crippen LogP contribution is 2.08. The minimum atomic E-state index is -1.09. The lowest BCUT2D eigenvalue weighted by Gasteiger charge is -2.13. The van der Waals surface area contributed by atoms with Crippen LogP contribution in [0.2, 0.25) is 0 Å². The minimum absolute atomic E-state index is 0.0565. The van der Waals surface area contributed by atoms with E-state index in [4.69, 9.17) is 5.11 Å². The number of para-hydroxylation sites is 1. The molecule has 6 heteroatoms. The summed E-state index contributed by atoms with van der Waals surface area (Å²) in [5.74, 6) is -1.69. The van der Waals surface area contributed by atoms with Crippen LogP contribution >= 0.6 is 0 Å². The van der Waals surface area contributed by atoms with Crippen molar-refractivity contribution in [3.05, 3.63) is 46.2 Å². The first-order chi connectivity index (χ1) is 10.0. The van der Waals surface area contributed by atoms with Gasteiger partial charge < -0.3 is 15.4 Å². The molecule has 0 bridgehead atoms. The van der Waals surface area contributed by atoms with Crippen LogP contribution in [0, 0.1) is 0 Å². The van der Waals surface area contributed by atoms with Crippen molar-refractivity contribution in [1.29, 1.82) is 0 Å². The molecule has 110 valence electrons. The number of carbonyl (C=O) groups is 2. The summed E-state index contributed by atoms with van der Waals surface area (Å²) in [5, 5.41) is 11.9. The number of carbonyl (C=O) groups excluding carboxylic acids is 1. The van der Waals surface area contributed by atoms with Crippen LogP contribution in [0.5, 0.6) is 0 Å². The van der Waals surface area contributed by atoms with Crippen molar-refractivity contribution in [3.63, 3.8) is 0 Å². The summed E-state index contributed by atoms with van der Waals surface area (Å²) < 4.78 is 0.